The molecule has 0 unspecified atom stereocenters. The topological polar surface area (TPSA) is 76.1 Å². The fraction of sp³-hybridized carbons (Fsp3) is 0.448. The van der Waals surface area contributed by atoms with Crippen molar-refractivity contribution in [2.24, 2.45) is 13.0 Å². The van der Waals surface area contributed by atoms with Crippen LogP contribution in [0.15, 0.2) is 53.3 Å². The van der Waals surface area contributed by atoms with E-state index in [1.807, 2.05) is 13.0 Å². The molecule has 0 spiro atoms. The lowest BCUT2D eigenvalue weighted by Crippen LogP contribution is -2.32. The quantitative estimate of drug-likeness (QED) is 0.178. The van der Waals surface area contributed by atoms with Crippen molar-refractivity contribution in [1.82, 2.24) is 25.2 Å². The average molecular weight is 608 g/mol. The minimum atomic E-state index is -4.97. The fourth-order valence-electron chi connectivity index (χ4n) is 5.49. The molecule has 230 valence electrons. The van der Waals surface area contributed by atoms with Crippen LogP contribution in [0, 0.1) is 5.92 Å². The van der Waals surface area contributed by atoms with Crippen LogP contribution in [0.25, 0.3) is 11.3 Å². The highest BCUT2D eigenvalue weighted by atomic mass is 19.4. The molecule has 1 saturated carbocycles. The number of aromatic nitrogens is 5. The number of benzene rings is 1. The molecule has 8 nitrogen and oxygen atoms in total. The lowest BCUT2D eigenvalue weighted by Gasteiger charge is -2.29. The largest absolute Gasteiger partial charge is 0.464 e. The lowest BCUT2D eigenvalue weighted by molar-refractivity contribution is -0.143. The van der Waals surface area contributed by atoms with Gasteiger partial charge in [-0.05, 0) is 72.9 Å². The fourth-order valence-corrected chi connectivity index (χ4v) is 5.49. The number of tetrazole rings is 1. The molecule has 0 atom stereocenters. The number of aryl methyl sites for hydroxylation is 1. The van der Waals surface area contributed by atoms with Crippen LogP contribution in [0.5, 0.6) is 0 Å². The standard InChI is InChI=1S/C29H31F6N7O/c1-3-41(16-19-7-4-5-8-19)26-22(13-21(15-36-26)25-9-6-10-43-25)18-42(27-37-39-40(2)38-27)17-20-11-23(28(30,31)32)14-24(12-20)29(33,34)35/h6,9-15,19H,3-5,7-8,16-18H2,1-2H3. The van der Waals surface area contributed by atoms with Gasteiger partial charge in [0.2, 0.25) is 0 Å². The van der Waals surface area contributed by atoms with Crippen molar-refractivity contribution in [2.75, 3.05) is 22.9 Å². The van der Waals surface area contributed by atoms with Gasteiger partial charge in [-0.2, -0.15) is 31.1 Å². The summed E-state index contributed by atoms with van der Waals surface area (Å²) < 4.78 is 87.4. The predicted molar refractivity (Wildman–Crippen MR) is 147 cm³/mol. The first-order chi connectivity index (χ1) is 20.4. The van der Waals surface area contributed by atoms with Crippen LogP contribution in [0.1, 0.15) is 54.9 Å². The molecular formula is C29H31F6N7O. The van der Waals surface area contributed by atoms with E-state index in [-0.39, 0.29) is 30.7 Å². The molecule has 5 rings (SSSR count). The van der Waals surface area contributed by atoms with E-state index in [4.69, 9.17) is 9.40 Å². The zero-order valence-corrected chi connectivity index (χ0v) is 23.7. The number of hydrogen-bond acceptors (Lipinski definition) is 7. The number of alkyl halides is 6. The number of pyridine rings is 1. The van der Waals surface area contributed by atoms with E-state index in [1.165, 1.54) is 35.8 Å². The van der Waals surface area contributed by atoms with Gasteiger partial charge in [0.05, 0.1) is 24.4 Å². The summed E-state index contributed by atoms with van der Waals surface area (Å²) in [5.74, 6) is 1.78. The van der Waals surface area contributed by atoms with Crippen LogP contribution in [0.4, 0.5) is 38.1 Å². The maximum Gasteiger partial charge on any atom is 0.416 e. The number of rotatable bonds is 10. The van der Waals surface area contributed by atoms with Crippen molar-refractivity contribution < 1.29 is 30.8 Å². The molecule has 3 aromatic heterocycles. The smallest absolute Gasteiger partial charge is 0.416 e. The van der Waals surface area contributed by atoms with E-state index in [0.29, 0.717) is 35.2 Å². The number of nitrogens with zero attached hydrogens (tertiary/aromatic N) is 7. The second kappa shape index (κ2) is 12.3. The van der Waals surface area contributed by atoms with E-state index in [0.717, 1.165) is 31.5 Å². The van der Waals surface area contributed by atoms with Crippen LogP contribution in [-0.4, -0.2) is 38.3 Å². The Morgan fingerprint density at radius 2 is 1.65 bits per heavy atom. The van der Waals surface area contributed by atoms with Crippen molar-refractivity contribution >= 4 is 11.8 Å². The third kappa shape index (κ3) is 7.28. The Morgan fingerprint density at radius 3 is 2.21 bits per heavy atom. The highest BCUT2D eigenvalue weighted by Crippen LogP contribution is 2.37. The van der Waals surface area contributed by atoms with Gasteiger partial charge in [-0.1, -0.05) is 17.9 Å². The van der Waals surface area contributed by atoms with Gasteiger partial charge < -0.3 is 14.2 Å². The molecule has 0 radical (unpaired) electrons. The molecule has 43 heavy (non-hydrogen) atoms. The van der Waals surface area contributed by atoms with Gasteiger partial charge in [0, 0.05) is 43.5 Å². The monoisotopic (exact) mass is 607 g/mol. The third-order valence-electron chi connectivity index (χ3n) is 7.55. The Hall–Kier alpha value is -4.10. The first kappa shape index (κ1) is 30.4. The van der Waals surface area contributed by atoms with Gasteiger partial charge in [-0.25, -0.2) is 4.98 Å². The van der Waals surface area contributed by atoms with Gasteiger partial charge in [0.25, 0.3) is 5.95 Å². The minimum Gasteiger partial charge on any atom is -0.464 e. The Bertz CT molecular complexity index is 1480. The molecule has 0 bridgehead atoms. The van der Waals surface area contributed by atoms with E-state index >= 15 is 0 Å². The van der Waals surface area contributed by atoms with E-state index in [2.05, 4.69) is 20.3 Å². The summed E-state index contributed by atoms with van der Waals surface area (Å²) in [6.45, 7) is 3.13. The highest BCUT2D eigenvalue weighted by molar-refractivity contribution is 5.62. The normalized spacial score (nSPS) is 14.4. The van der Waals surface area contributed by atoms with Crippen LogP contribution >= 0.6 is 0 Å². The number of hydrogen-bond donors (Lipinski definition) is 0. The van der Waals surface area contributed by atoms with Crippen LogP contribution < -0.4 is 9.80 Å². The summed E-state index contributed by atoms with van der Waals surface area (Å²) in [4.78, 5) is 9.61. The summed E-state index contributed by atoms with van der Waals surface area (Å²) in [6.07, 6.45) is -2.15. The van der Waals surface area contributed by atoms with Crippen molar-refractivity contribution in [1.29, 1.82) is 0 Å². The number of furan rings is 1. The van der Waals surface area contributed by atoms with Crippen molar-refractivity contribution in [3.63, 3.8) is 0 Å². The maximum atomic E-state index is 13.6. The number of halogens is 6. The first-order valence-electron chi connectivity index (χ1n) is 14.0. The summed E-state index contributed by atoms with van der Waals surface area (Å²) in [5.41, 5.74) is -1.62. The van der Waals surface area contributed by atoms with Gasteiger partial charge >= 0.3 is 12.4 Å². The molecule has 1 aromatic carbocycles. The van der Waals surface area contributed by atoms with Crippen molar-refractivity contribution in [2.45, 2.75) is 58.0 Å². The Balaban J connectivity index is 1.57. The summed E-state index contributed by atoms with van der Waals surface area (Å²) in [6, 6.07) is 6.94. The van der Waals surface area contributed by atoms with Crippen molar-refractivity contribution in [3.05, 3.63) is 71.1 Å². The molecule has 1 fully saturated rings. The molecule has 14 heteroatoms. The zero-order chi connectivity index (χ0) is 30.8. The molecule has 1 aliphatic rings. The molecular weight excluding hydrogens is 576 g/mol. The summed E-state index contributed by atoms with van der Waals surface area (Å²) in [5, 5.41) is 12.1. The van der Waals surface area contributed by atoms with Gasteiger partial charge in [-0.3, -0.25) is 0 Å². The van der Waals surface area contributed by atoms with Crippen LogP contribution in [-0.2, 0) is 32.5 Å². The van der Waals surface area contributed by atoms with Gasteiger partial charge in [0.1, 0.15) is 11.6 Å². The maximum absolute atomic E-state index is 13.6. The Labute approximate surface area is 244 Å². The lowest BCUT2D eigenvalue weighted by atomic mass is 10.0. The Morgan fingerprint density at radius 1 is 0.953 bits per heavy atom. The second-order valence-electron chi connectivity index (χ2n) is 10.7. The number of anilines is 2. The molecule has 1 aliphatic carbocycles. The molecule has 0 aliphatic heterocycles. The van der Waals surface area contributed by atoms with Gasteiger partial charge in [0.15, 0.2) is 0 Å². The molecule has 0 N–H and O–H groups in total. The minimum absolute atomic E-state index is 0.0291. The predicted octanol–water partition coefficient (Wildman–Crippen LogP) is 7.13. The Kier molecular flexibility index (Phi) is 8.65. The highest BCUT2D eigenvalue weighted by Gasteiger charge is 2.37. The molecule has 0 saturated heterocycles. The summed E-state index contributed by atoms with van der Waals surface area (Å²) in [7, 11) is 1.52. The molecule has 4 aromatic rings. The second-order valence-corrected chi connectivity index (χ2v) is 10.7. The summed E-state index contributed by atoms with van der Waals surface area (Å²) >= 11 is 0. The first-order valence-corrected chi connectivity index (χ1v) is 14.0. The van der Waals surface area contributed by atoms with Crippen molar-refractivity contribution in [3.8, 4) is 11.3 Å². The van der Waals surface area contributed by atoms with Crippen LogP contribution in [0.3, 0.4) is 0 Å². The van der Waals surface area contributed by atoms with E-state index < -0.39 is 23.5 Å². The molecule has 3 heterocycles. The SMILES string of the molecule is CCN(CC1CCCC1)c1ncc(-c2ccco2)cc1CN(Cc1cc(C(F)(F)F)cc(C(F)(F)F)c1)c1nnn(C)n1. The van der Waals surface area contributed by atoms with Gasteiger partial charge in [-0.15, -0.1) is 5.10 Å². The third-order valence-corrected chi connectivity index (χ3v) is 7.55. The average Bonchev–Trinajstić information content (AvgIpc) is 3.74. The van der Waals surface area contributed by atoms with Crippen LogP contribution in [0.2, 0.25) is 0 Å². The molecule has 0 amide bonds. The van der Waals surface area contributed by atoms with E-state index in [1.54, 1.807) is 18.3 Å². The van der Waals surface area contributed by atoms with E-state index in [9.17, 15) is 26.3 Å². The zero-order valence-electron chi connectivity index (χ0n) is 23.7.